The molecule has 2 aromatic carbocycles. The van der Waals surface area contributed by atoms with E-state index in [1.165, 1.54) is 24.3 Å². The number of primary sulfonamides is 1. The molecule has 12 heteroatoms. The second-order valence-electron chi connectivity index (χ2n) is 6.26. The molecule has 0 aliphatic rings. The maximum absolute atomic E-state index is 13.6. The Morgan fingerprint density at radius 3 is 2.10 bits per heavy atom. The van der Waals surface area contributed by atoms with Gasteiger partial charge in [-0.15, -0.1) is 0 Å². The fourth-order valence-electron chi connectivity index (χ4n) is 2.72. The Bertz CT molecular complexity index is 1200. The normalized spacial score (nSPS) is 12.0. The van der Waals surface area contributed by atoms with E-state index in [9.17, 15) is 26.4 Å². The summed E-state index contributed by atoms with van der Waals surface area (Å²) in [6.45, 7) is 1.79. The molecule has 8 nitrogen and oxygen atoms in total. The van der Waals surface area contributed by atoms with E-state index in [4.69, 9.17) is 10.9 Å². The van der Waals surface area contributed by atoms with E-state index < -0.39 is 33.7 Å². The molecule has 0 saturated carbocycles. The first-order valence-electron chi connectivity index (χ1n) is 8.25. The van der Waals surface area contributed by atoms with Crippen LogP contribution in [-0.2, 0) is 16.2 Å². The number of nitrogens with two attached hydrogens (primary N) is 2. The van der Waals surface area contributed by atoms with Crippen LogP contribution in [0, 0.1) is 6.92 Å². The summed E-state index contributed by atoms with van der Waals surface area (Å²) < 4.78 is 69.3. The van der Waals surface area contributed by atoms with Crippen LogP contribution in [-0.4, -0.2) is 24.3 Å². The molecular weight excluding hydrogens is 425 g/mol. The molecule has 3 aromatic rings. The molecular formula is C18H15F3N4O4S. The third-order valence-corrected chi connectivity index (χ3v) is 4.98. The van der Waals surface area contributed by atoms with Crippen molar-refractivity contribution in [1.29, 1.82) is 0 Å². The van der Waals surface area contributed by atoms with Gasteiger partial charge in [-0.25, -0.2) is 23.0 Å². The van der Waals surface area contributed by atoms with Crippen LogP contribution in [0.1, 0.15) is 11.3 Å². The number of aromatic nitrogens is 2. The number of nitrogens with zero attached hydrogens (tertiary/aromatic N) is 2. The SMILES string of the molecule is Cc1ccc(-c2c(OC(N)=O)c(C(F)(F)F)nn2-c2ccc(S(N)(=O)=O)cc2)cc1. The third kappa shape index (κ3) is 4.28. The first-order valence-corrected chi connectivity index (χ1v) is 9.80. The van der Waals surface area contributed by atoms with Gasteiger partial charge in [-0.2, -0.15) is 18.3 Å². The maximum atomic E-state index is 13.6. The summed E-state index contributed by atoms with van der Waals surface area (Å²) in [5.74, 6) is -0.866. The average Bonchev–Trinajstić information content (AvgIpc) is 3.00. The van der Waals surface area contributed by atoms with Crippen LogP contribution in [0.25, 0.3) is 16.9 Å². The number of carbonyl (C=O) groups excluding carboxylic acids is 1. The summed E-state index contributed by atoms with van der Waals surface area (Å²) in [4.78, 5) is 11.1. The molecule has 0 aliphatic carbocycles. The smallest absolute Gasteiger partial charge is 0.406 e. The van der Waals surface area contributed by atoms with Crippen LogP contribution in [0.15, 0.2) is 53.4 Å². The van der Waals surface area contributed by atoms with Gasteiger partial charge < -0.3 is 10.5 Å². The van der Waals surface area contributed by atoms with Crippen LogP contribution in [0.3, 0.4) is 0 Å². The Balaban J connectivity index is 2.32. The van der Waals surface area contributed by atoms with Gasteiger partial charge in [0, 0.05) is 5.56 Å². The van der Waals surface area contributed by atoms with Crippen molar-refractivity contribution < 1.29 is 31.1 Å². The van der Waals surface area contributed by atoms with E-state index >= 15 is 0 Å². The van der Waals surface area contributed by atoms with Crippen molar-refractivity contribution in [2.45, 2.75) is 18.0 Å². The minimum absolute atomic E-state index is 0.0720. The molecule has 1 amide bonds. The van der Waals surface area contributed by atoms with E-state index in [-0.39, 0.29) is 21.8 Å². The van der Waals surface area contributed by atoms with Crippen molar-refractivity contribution in [3.05, 3.63) is 59.8 Å². The fraction of sp³-hybridized carbons (Fsp3) is 0.111. The number of hydrogen-bond acceptors (Lipinski definition) is 5. The Hall–Kier alpha value is -3.38. The molecule has 3 rings (SSSR count). The number of ether oxygens (including phenoxy) is 1. The molecule has 0 aliphatic heterocycles. The molecule has 158 valence electrons. The summed E-state index contributed by atoms with van der Waals surface area (Å²) in [6.07, 6.45) is -6.41. The minimum atomic E-state index is -4.96. The number of benzene rings is 2. The van der Waals surface area contributed by atoms with Gasteiger partial charge in [0.15, 0.2) is 5.75 Å². The van der Waals surface area contributed by atoms with Crippen molar-refractivity contribution in [3.8, 4) is 22.7 Å². The molecule has 0 bridgehead atoms. The number of sulfonamides is 1. The van der Waals surface area contributed by atoms with Crippen LogP contribution < -0.4 is 15.6 Å². The number of hydrogen-bond donors (Lipinski definition) is 2. The van der Waals surface area contributed by atoms with Crippen LogP contribution in [0.5, 0.6) is 5.75 Å². The molecule has 0 fully saturated rings. The van der Waals surface area contributed by atoms with E-state index in [1.54, 1.807) is 19.1 Å². The highest BCUT2D eigenvalue weighted by molar-refractivity contribution is 7.89. The highest BCUT2D eigenvalue weighted by Crippen LogP contribution is 2.43. The minimum Gasteiger partial charge on any atom is -0.406 e. The van der Waals surface area contributed by atoms with Gasteiger partial charge in [0.05, 0.1) is 10.6 Å². The number of alkyl halides is 3. The zero-order valence-electron chi connectivity index (χ0n) is 15.3. The molecule has 0 atom stereocenters. The summed E-state index contributed by atoms with van der Waals surface area (Å²) in [7, 11) is -4.01. The molecule has 30 heavy (non-hydrogen) atoms. The van der Waals surface area contributed by atoms with E-state index in [1.807, 2.05) is 0 Å². The van der Waals surface area contributed by atoms with E-state index in [0.29, 0.717) is 0 Å². The number of primary amides is 1. The van der Waals surface area contributed by atoms with Gasteiger partial charge >= 0.3 is 12.3 Å². The molecule has 0 saturated heterocycles. The zero-order valence-corrected chi connectivity index (χ0v) is 16.2. The van der Waals surface area contributed by atoms with E-state index in [0.717, 1.165) is 22.4 Å². The highest BCUT2D eigenvalue weighted by atomic mass is 32.2. The highest BCUT2D eigenvalue weighted by Gasteiger charge is 2.41. The maximum Gasteiger partial charge on any atom is 0.438 e. The first kappa shape index (κ1) is 21.3. The first-order chi connectivity index (χ1) is 13.9. The van der Waals surface area contributed by atoms with Crippen molar-refractivity contribution in [2.24, 2.45) is 10.9 Å². The molecule has 1 heterocycles. The summed E-state index contributed by atoms with van der Waals surface area (Å²) >= 11 is 0. The van der Waals surface area contributed by atoms with Crippen molar-refractivity contribution >= 4 is 16.1 Å². The predicted octanol–water partition coefficient (Wildman–Crippen LogP) is 2.97. The van der Waals surface area contributed by atoms with Gasteiger partial charge in [-0.3, -0.25) is 0 Å². The molecule has 4 N–H and O–H groups in total. The monoisotopic (exact) mass is 440 g/mol. The van der Waals surface area contributed by atoms with Crippen LogP contribution in [0.2, 0.25) is 0 Å². The summed E-state index contributed by atoms with van der Waals surface area (Å²) in [6, 6.07) is 11.0. The Kier molecular flexibility index (Phi) is 5.31. The largest absolute Gasteiger partial charge is 0.438 e. The van der Waals surface area contributed by atoms with Gasteiger partial charge in [0.25, 0.3) is 0 Å². The molecule has 0 unspecified atom stereocenters. The molecule has 0 radical (unpaired) electrons. The van der Waals surface area contributed by atoms with Gasteiger partial charge in [-0.1, -0.05) is 29.8 Å². The quantitative estimate of drug-likeness (QED) is 0.644. The number of aryl methyl sites for hydroxylation is 1. The van der Waals surface area contributed by atoms with Crippen LogP contribution >= 0.6 is 0 Å². The Morgan fingerprint density at radius 2 is 1.63 bits per heavy atom. The lowest BCUT2D eigenvalue weighted by molar-refractivity contribution is -0.142. The number of amides is 1. The lowest BCUT2D eigenvalue weighted by Crippen LogP contribution is -2.19. The second-order valence-corrected chi connectivity index (χ2v) is 7.82. The van der Waals surface area contributed by atoms with Gasteiger partial charge in [-0.05, 0) is 31.2 Å². The van der Waals surface area contributed by atoms with Crippen molar-refractivity contribution in [1.82, 2.24) is 9.78 Å². The number of rotatable bonds is 4. The standard InChI is InChI=1S/C18H15F3N4O4S/c1-10-2-4-11(5-3-10)14-15(29-17(22)26)16(18(19,20)21)24-25(14)12-6-8-13(9-7-12)30(23,27)28/h2-9H,1H3,(H2,22,26)(H2,23,27,28). The summed E-state index contributed by atoms with van der Waals surface area (Å²) in [5.41, 5.74) is 4.50. The van der Waals surface area contributed by atoms with Crippen LogP contribution in [0.4, 0.5) is 18.0 Å². The Morgan fingerprint density at radius 1 is 1.07 bits per heavy atom. The van der Waals surface area contributed by atoms with Crippen molar-refractivity contribution in [2.75, 3.05) is 0 Å². The Labute approximate surface area is 168 Å². The lowest BCUT2D eigenvalue weighted by atomic mass is 10.1. The molecule has 0 spiro atoms. The topological polar surface area (TPSA) is 130 Å². The molecule has 1 aromatic heterocycles. The zero-order chi connectivity index (χ0) is 22.3. The third-order valence-electron chi connectivity index (χ3n) is 4.05. The van der Waals surface area contributed by atoms with Crippen molar-refractivity contribution in [3.63, 3.8) is 0 Å². The van der Waals surface area contributed by atoms with E-state index in [2.05, 4.69) is 9.84 Å². The summed E-state index contributed by atoms with van der Waals surface area (Å²) in [5, 5.41) is 8.62. The second kappa shape index (κ2) is 7.46. The lowest BCUT2D eigenvalue weighted by Gasteiger charge is -2.10. The number of halogens is 3. The van der Waals surface area contributed by atoms with Gasteiger partial charge in [0.2, 0.25) is 15.7 Å². The van der Waals surface area contributed by atoms with Gasteiger partial charge in [0.1, 0.15) is 5.69 Å². The fourth-order valence-corrected chi connectivity index (χ4v) is 3.23. The predicted molar refractivity (Wildman–Crippen MR) is 100 cm³/mol. The average molecular weight is 440 g/mol. The number of carbonyl (C=O) groups is 1.